The minimum absolute atomic E-state index is 0.0199. The van der Waals surface area contributed by atoms with E-state index in [1.165, 1.54) is 0 Å². The molecule has 5 rings (SSSR count). The molecule has 2 aliphatic rings. The van der Waals surface area contributed by atoms with Crippen LogP contribution in [0.25, 0.3) is 21.0 Å². The van der Waals surface area contributed by atoms with E-state index in [1.807, 2.05) is 44.3 Å². The van der Waals surface area contributed by atoms with E-state index in [9.17, 15) is 18.5 Å². The Bertz CT molecular complexity index is 1590. The van der Waals surface area contributed by atoms with Crippen LogP contribution in [0.4, 0.5) is 0 Å². The highest BCUT2D eigenvalue weighted by atomic mass is 32.2. The molecule has 2 N–H and O–H groups in total. The number of aliphatic carboxylic acids is 1. The maximum Gasteiger partial charge on any atom is 0.303 e. The SMILES string of the molecule is CC(C)Oc1ccc(-c2ncc(-c3cccc4c3CC[C@@H]4NS(=O)(=O)CCN3CCC(CC(=O)O)CC3)s2)cc1C#N. The molecule has 1 aromatic heterocycles. The summed E-state index contributed by atoms with van der Waals surface area (Å²) in [6.45, 7) is 5.75. The second kappa shape index (κ2) is 12.9. The van der Waals surface area contributed by atoms with E-state index >= 15 is 0 Å². The summed E-state index contributed by atoms with van der Waals surface area (Å²) in [6, 6.07) is 13.5. The van der Waals surface area contributed by atoms with Gasteiger partial charge in [0.25, 0.3) is 0 Å². The Balaban J connectivity index is 1.25. The molecule has 1 aliphatic carbocycles. The molecule has 0 bridgehead atoms. The molecule has 9 nitrogen and oxygen atoms in total. The lowest BCUT2D eigenvalue weighted by Gasteiger charge is -2.31. The van der Waals surface area contributed by atoms with E-state index in [2.05, 4.69) is 26.7 Å². The molecule has 2 heterocycles. The van der Waals surface area contributed by atoms with Crippen molar-refractivity contribution in [2.24, 2.45) is 5.92 Å². The molecule has 11 heteroatoms. The van der Waals surface area contributed by atoms with E-state index in [4.69, 9.17) is 9.84 Å². The predicted octanol–water partition coefficient (Wildman–Crippen LogP) is 5.23. The third kappa shape index (κ3) is 7.18. The molecule has 0 amide bonds. The zero-order valence-corrected chi connectivity index (χ0v) is 25.5. The van der Waals surface area contributed by atoms with Crippen LogP contribution in [-0.2, 0) is 21.2 Å². The van der Waals surface area contributed by atoms with Crippen LogP contribution < -0.4 is 9.46 Å². The lowest BCUT2D eigenvalue weighted by Crippen LogP contribution is -2.40. The number of hydrogen-bond acceptors (Lipinski definition) is 8. The normalized spacial score (nSPS) is 17.7. The fraction of sp³-hybridized carbons (Fsp3) is 0.452. The van der Waals surface area contributed by atoms with Crippen LogP contribution in [0.3, 0.4) is 0 Å². The van der Waals surface area contributed by atoms with Crippen LogP contribution >= 0.6 is 11.3 Å². The number of piperidine rings is 1. The van der Waals surface area contributed by atoms with Crippen molar-refractivity contribution < 1.29 is 23.1 Å². The minimum Gasteiger partial charge on any atom is -0.490 e. The number of thiazole rings is 1. The van der Waals surface area contributed by atoms with E-state index in [1.54, 1.807) is 17.4 Å². The fourth-order valence-corrected chi connectivity index (χ4v) is 8.09. The van der Waals surface area contributed by atoms with Gasteiger partial charge in [0, 0.05) is 30.8 Å². The van der Waals surface area contributed by atoms with Crippen LogP contribution in [0, 0.1) is 17.2 Å². The minimum atomic E-state index is -3.50. The summed E-state index contributed by atoms with van der Waals surface area (Å²) >= 11 is 1.55. The lowest BCUT2D eigenvalue weighted by atomic mass is 9.94. The number of nitrogens with zero attached hydrogens (tertiary/aromatic N) is 3. The topological polar surface area (TPSA) is 133 Å². The number of likely N-dealkylation sites (tertiary alicyclic amines) is 1. The highest BCUT2D eigenvalue weighted by Gasteiger charge is 2.30. The Morgan fingerprint density at radius 2 is 2.02 bits per heavy atom. The van der Waals surface area contributed by atoms with Gasteiger partial charge in [-0.3, -0.25) is 4.79 Å². The molecule has 1 fully saturated rings. The van der Waals surface area contributed by atoms with E-state index < -0.39 is 16.0 Å². The standard InChI is InChI=1S/C31H36N4O5S2/c1-20(2)40-28-9-6-22(17-23(28)18-32)31-33-19-29(41-31)26-5-3-4-25-24(26)7-8-27(25)34-42(38,39)15-14-35-12-10-21(11-13-35)16-30(36)37/h3-6,9,17,19-21,27,34H,7-8,10-16H2,1-2H3,(H,36,37)/t27-/m0/s1. The van der Waals surface area contributed by atoms with Gasteiger partial charge in [-0.1, -0.05) is 18.2 Å². The Hall–Kier alpha value is -3.30. The first-order valence-electron chi connectivity index (χ1n) is 14.3. The second-order valence-electron chi connectivity index (χ2n) is 11.3. The zero-order chi connectivity index (χ0) is 29.9. The molecule has 2 aromatic carbocycles. The molecule has 1 aliphatic heterocycles. The van der Waals surface area contributed by atoms with Gasteiger partial charge in [0.2, 0.25) is 10.0 Å². The van der Waals surface area contributed by atoms with Gasteiger partial charge < -0.3 is 14.7 Å². The van der Waals surface area contributed by atoms with E-state index in [0.29, 0.717) is 24.3 Å². The third-order valence-corrected chi connectivity index (χ3v) is 10.4. The number of carboxylic acid groups (broad SMARTS) is 1. The summed E-state index contributed by atoms with van der Waals surface area (Å²) < 4.78 is 34.8. The summed E-state index contributed by atoms with van der Waals surface area (Å²) in [5, 5.41) is 19.4. The van der Waals surface area contributed by atoms with Gasteiger partial charge in [-0.15, -0.1) is 11.3 Å². The smallest absolute Gasteiger partial charge is 0.303 e. The number of carboxylic acids is 1. The predicted molar refractivity (Wildman–Crippen MR) is 163 cm³/mol. The molecule has 0 unspecified atom stereocenters. The monoisotopic (exact) mass is 608 g/mol. The first kappa shape index (κ1) is 30.2. The van der Waals surface area contributed by atoms with Crippen molar-refractivity contribution in [2.45, 2.75) is 58.1 Å². The largest absolute Gasteiger partial charge is 0.490 e. The number of nitrogens with one attached hydrogen (secondary N) is 1. The van der Waals surface area contributed by atoms with Gasteiger partial charge in [-0.2, -0.15) is 5.26 Å². The molecule has 3 aromatic rings. The maximum atomic E-state index is 13.0. The van der Waals surface area contributed by atoms with Crippen LogP contribution in [0.5, 0.6) is 5.75 Å². The van der Waals surface area contributed by atoms with Gasteiger partial charge in [-0.05, 0) is 93.4 Å². The Morgan fingerprint density at radius 3 is 2.74 bits per heavy atom. The van der Waals surface area contributed by atoms with E-state index in [0.717, 1.165) is 64.5 Å². The number of aromatic nitrogens is 1. The van der Waals surface area contributed by atoms with Crippen molar-refractivity contribution in [3.63, 3.8) is 0 Å². The van der Waals surface area contributed by atoms with Crippen molar-refractivity contribution in [3.05, 3.63) is 59.3 Å². The first-order valence-corrected chi connectivity index (χ1v) is 16.8. The van der Waals surface area contributed by atoms with Crippen molar-refractivity contribution >= 4 is 27.3 Å². The number of nitriles is 1. The van der Waals surface area contributed by atoms with Crippen molar-refractivity contribution in [1.82, 2.24) is 14.6 Å². The van der Waals surface area contributed by atoms with Crippen molar-refractivity contribution in [3.8, 4) is 32.8 Å². The van der Waals surface area contributed by atoms with Crippen LogP contribution in [-0.4, -0.2) is 60.9 Å². The van der Waals surface area contributed by atoms with Gasteiger partial charge in [-0.25, -0.2) is 18.1 Å². The number of sulfonamides is 1. The number of rotatable bonds is 11. The van der Waals surface area contributed by atoms with E-state index in [-0.39, 0.29) is 30.2 Å². The highest BCUT2D eigenvalue weighted by molar-refractivity contribution is 7.89. The molecule has 0 saturated carbocycles. The summed E-state index contributed by atoms with van der Waals surface area (Å²) in [6.07, 6.45) is 5.03. The Kier molecular flexibility index (Phi) is 9.28. The Labute approximate surface area is 251 Å². The molecule has 1 saturated heterocycles. The number of fused-ring (bicyclic) bond motifs is 1. The average Bonchev–Trinajstić information content (AvgIpc) is 3.60. The van der Waals surface area contributed by atoms with Crippen molar-refractivity contribution in [1.29, 1.82) is 5.26 Å². The molecule has 1 atom stereocenters. The average molecular weight is 609 g/mol. The third-order valence-electron chi connectivity index (χ3n) is 7.92. The summed E-state index contributed by atoms with van der Waals surface area (Å²) in [5.41, 5.74) is 4.52. The van der Waals surface area contributed by atoms with Crippen molar-refractivity contribution in [2.75, 3.05) is 25.4 Å². The van der Waals surface area contributed by atoms with Gasteiger partial charge in [0.1, 0.15) is 16.8 Å². The highest BCUT2D eigenvalue weighted by Crippen LogP contribution is 2.41. The van der Waals surface area contributed by atoms with Crippen LogP contribution in [0.1, 0.15) is 62.3 Å². The summed E-state index contributed by atoms with van der Waals surface area (Å²) in [7, 11) is -3.50. The summed E-state index contributed by atoms with van der Waals surface area (Å²) in [4.78, 5) is 18.7. The summed E-state index contributed by atoms with van der Waals surface area (Å²) in [5.74, 6) is -0.0196. The number of hydrogen-bond donors (Lipinski definition) is 2. The zero-order valence-electron chi connectivity index (χ0n) is 23.9. The van der Waals surface area contributed by atoms with Gasteiger partial charge in [0.15, 0.2) is 0 Å². The number of ether oxygens (including phenoxy) is 1. The maximum absolute atomic E-state index is 13.0. The second-order valence-corrected chi connectivity index (χ2v) is 14.2. The number of carbonyl (C=O) groups is 1. The van der Waals surface area contributed by atoms with Gasteiger partial charge in [0.05, 0.1) is 22.3 Å². The first-order chi connectivity index (χ1) is 20.1. The molecule has 0 spiro atoms. The lowest BCUT2D eigenvalue weighted by molar-refractivity contribution is -0.138. The Morgan fingerprint density at radius 1 is 1.24 bits per heavy atom. The molecule has 42 heavy (non-hydrogen) atoms. The fourth-order valence-electron chi connectivity index (χ4n) is 5.83. The molecular weight excluding hydrogens is 572 g/mol. The molecular formula is C31H36N4O5S2. The number of benzene rings is 2. The molecule has 222 valence electrons. The van der Waals surface area contributed by atoms with Gasteiger partial charge >= 0.3 is 5.97 Å². The van der Waals surface area contributed by atoms with Crippen LogP contribution in [0.15, 0.2) is 42.6 Å². The molecule has 0 radical (unpaired) electrons. The quantitative estimate of drug-likeness (QED) is 0.303. The van der Waals surface area contributed by atoms with Crippen LogP contribution in [0.2, 0.25) is 0 Å².